The SMILES string of the molecule is COc1cc2c(N3CCN(C(=O)OC(C)(C)C)CC3)ncnc2cc1-c1ccccc1F. The first-order valence-electron chi connectivity index (χ1n) is 10.6. The van der Waals surface area contributed by atoms with E-state index in [-0.39, 0.29) is 11.9 Å². The van der Waals surface area contributed by atoms with Crippen LogP contribution in [0.2, 0.25) is 0 Å². The minimum Gasteiger partial charge on any atom is -0.496 e. The van der Waals surface area contributed by atoms with Crippen LogP contribution < -0.4 is 9.64 Å². The minimum atomic E-state index is -0.524. The molecule has 32 heavy (non-hydrogen) atoms. The number of rotatable bonds is 3. The van der Waals surface area contributed by atoms with Crippen molar-refractivity contribution in [2.24, 2.45) is 0 Å². The van der Waals surface area contributed by atoms with Gasteiger partial charge in [0.05, 0.1) is 12.6 Å². The lowest BCUT2D eigenvalue weighted by Gasteiger charge is -2.36. The largest absolute Gasteiger partial charge is 0.496 e. The molecule has 0 atom stereocenters. The first-order valence-corrected chi connectivity index (χ1v) is 10.6. The number of hydrogen-bond donors (Lipinski definition) is 0. The third-order valence-corrected chi connectivity index (χ3v) is 5.33. The fourth-order valence-corrected chi connectivity index (χ4v) is 3.81. The molecule has 2 aromatic carbocycles. The normalized spacial score (nSPS) is 14.5. The zero-order valence-corrected chi connectivity index (χ0v) is 18.8. The number of nitrogens with zero attached hydrogens (tertiary/aromatic N) is 4. The lowest BCUT2D eigenvalue weighted by Crippen LogP contribution is -2.50. The lowest BCUT2D eigenvalue weighted by molar-refractivity contribution is 0.0240. The molecule has 0 bridgehead atoms. The van der Waals surface area contributed by atoms with Crippen molar-refractivity contribution in [3.63, 3.8) is 0 Å². The average molecular weight is 439 g/mol. The summed E-state index contributed by atoms with van der Waals surface area (Å²) in [7, 11) is 1.56. The Balaban J connectivity index is 1.62. The Morgan fingerprint density at radius 2 is 1.75 bits per heavy atom. The molecule has 1 aromatic heterocycles. The van der Waals surface area contributed by atoms with E-state index in [0.29, 0.717) is 48.6 Å². The summed E-state index contributed by atoms with van der Waals surface area (Å²) in [5.41, 5.74) is 1.27. The maximum Gasteiger partial charge on any atom is 0.410 e. The summed E-state index contributed by atoms with van der Waals surface area (Å²) in [4.78, 5) is 25.1. The topological polar surface area (TPSA) is 67.8 Å². The molecule has 0 radical (unpaired) electrons. The Kier molecular flexibility index (Phi) is 5.86. The average Bonchev–Trinajstić information content (AvgIpc) is 2.77. The highest BCUT2D eigenvalue weighted by Crippen LogP contribution is 2.37. The molecule has 2 heterocycles. The number of amides is 1. The summed E-state index contributed by atoms with van der Waals surface area (Å²) in [6.45, 7) is 7.87. The summed E-state index contributed by atoms with van der Waals surface area (Å²) in [5, 5.41) is 0.815. The van der Waals surface area contributed by atoms with Crippen molar-refractivity contribution in [2.75, 3.05) is 38.2 Å². The van der Waals surface area contributed by atoms with Gasteiger partial charge >= 0.3 is 6.09 Å². The van der Waals surface area contributed by atoms with Crippen molar-refractivity contribution in [1.29, 1.82) is 0 Å². The molecule has 1 fully saturated rings. The Bertz CT molecular complexity index is 1140. The van der Waals surface area contributed by atoms with E-state index in [1.54, 1.807) is 30.2 Å². The molecule has 4 rings (SSSR count). The number of methoxy groups -OCH3 is 1. The van der Waals surface area contributed by atoms with Gasteiger partial charge in [0, 0.05) is 42.7 Å². The van der Waals surface area contributed by atoms with E-state index < -0.39 is 5.60 Å². The maximum atomic E-state index is 14.4. The van der Waals surface area contributed by atoms with Crippen LogP contribution in [-0.4, -0.2) is 59.9 Å². The van der Waals surface area contributed by atoms with E-state index in [1.165, 1.54) is 12.4 Å². The maximum absolute atomic E-state index is 14.4. The number of hydrogen-bond acceptors (Lipinski definition) is 6. The van der Waals surface area contributed by atoms with Gasteiger partial charge in [-0.2, -0.15) is 0 Å². The van der Waals surface area contributed by atoms with Crippen molar-refractivity contribution < 1.29 is 18.7 Å². The molecule has 1 amide bonds. The second-order valence-corrected chi connectivity index (χ2v) is 8.70. The zero-order chi connectivity index (χ0) is 22.9. The second kappa shape index (κ2) is 8.61. The van der Waals surface area contributed by atoms with Crippen LogP contribution in [0.4, 0.5) is 15.0 Å². The van der Waals surface area contributed by atoms with Gasteiger partial charge in [-0.05, 0) is 39.0 Å². The lowest BCUT2D eigenvalue weighted by atomic mass is 10.0. The van der Waals surface area contributed by atoms with Crippen LogP contribution in [0.1, 0.15) is 20.8 Å². The number of aromatic nitrogens is 2. The van der Waals surface area contributed by atoms with Crippen molar-refractivity contribution in [2.45, 2.75) is 26.4 Å². The van der Waals surface area contributed by atoms with E-state index in [4.69, 9.17) is 9.47 Å². The zero-order valence-electron chi connectivity index (χ0n) is 18.8. The summed E-state index contributed by atoms with van der Waals surface area (Å²) in [6.07, 6.45) is 1.20. The molecule has 0 spiro atoms. The third kappa shape index (κ3) is 4.44. The van der Waals surface area contributed by atoms with Gasteiger partial charge in [-0.1, -0.05) is 18.2 Å². The fraction of sp³-hybridized carbons (Fsp3) is 0.375. The van der Waals surface area contributed by atoms with E-state index >= 15 is 0 Å². The number of fused-ring (bicyclic) bond motifs is 1. The van der Waals surface area contributed by atoms with Crippen LogP contribution in [0, 0.1) is 5.82 Å². The van der Waals surface area contributed by atoms with Gasteiger partial charge in [0.15, 0.2) is 0 Å². The molecule has 7 nitrogen and oxygen atoms in total. The molecule has 1 saturated heterocycles. The number of benzene rings is 2. The fourth-order valence-electron chi connectivity index (χ4n) is 3.81. The third-order valence-electron chi connectivity index (χ3n) is 5.33. The van der Waals surface area contributed by atoms with Crippen molar-refractivity contribution in [1.82, 2.24) is 14.9 Å². The molecular formula is C24H27FN4O3. The summed E-state index contributed by atoms with van der Waals surface area (Å²) in [6, 6.07) is 10.3. The van der Waals surface area contributed by atoms with E-state index in [1.807, 2.05) is 32.9 Å². The van der Waals surface area contributed by atoms with Crippen molar-refractivity contribution in [3.8, 4) is 16.9 Å². The van der Waals surface area contributed by atoms with E-state index in [2.05, 4.69) is 14.9 Å². The number of piperazine rings is 1. The highest BCUT2D eigenvalue weighted by Gasteiger charge is 2.27. The van der Waals surface area contributed by atoms with Gasteiger partial charge in [0.1, 0.15) is 29.3 Å². The van der Waals surface area contributed by atoms with Crippen LogP contribution in [0.3, 0.4) is 0 Å². The van der Waals surface area contributed by atoms with Crippen LogP contribution in [0.15, 0.2) is 42.7 Å². The van der Waals surface area contributed by atoms with Crippen LogP contribution in [0.25, 0.3) is 22.0 Å². The Labute approximate surface area is 186 Å². The predicted octanol–water partition coefficient (Wildman–Crippen LogP) is 4.50. The van der Waals surface area contributed by atoms with Crippen LogP contribution in [0.5, 0.6) is 5.75 Å². The monoisotopic (exact) mass is 438 g/mol. The summed E-state index contributed by atoms with van der Waals surface area (Å²) < 4.78 is 25.5. The highest BCUT2D eigenvalue weighted by atomic mass is 19.1. The minimum absolute atomic E-state index is 0.305. The first kappa shape index (κ1) is 21.8. The Morgan fingerprint density at radius 3 is 2.41 bits per heavy atom. The van der Waals surface area contributed by atoms with Crippen molar-refractivity contribution >= 4 is 22.8 Å². The van der Waals surface area contributed by atoms with Crippen molar-refractivity contribution in [3.05, 3.63) is 48.5 Å². The van der Waals surface area contributed by atoms with Crippen LogP contribution >= 0.6 is 0 Å². The molecule has 0 aliphatic carbocycles. The second-order valence-electron chi connectivity index (χ2n) is 8.70. The quantitative estimate of drug-likeness (QED) is 0.600. The van der Waals surface area contributed by atoms with Gasteiger partial charge in [0.2, 0.25) is 0 Å². The molecule has 168 valence electrons. The predicted molar refractivity (Wildman–Crippen MR) is 122 cm³/mol. The molecule has 1 aliphatic heterocycles. The molecule has 0 unspecified atom stereocenters. The van der Waals surface area contributed by atoms with Crippen LogP contribution in [-0.2, 0) is 4.74 Å². The standard InChI is InChI=1S/C24H27FN4O3/c1-24(2,3)32-23(30)29-11-9-28(10-12-29)22-18-14-21(31-4)17(13-20(18)26-15-27-22)16-7-5-6-8-19(16)25/h5-8,13-15H,9-12H2,1-4H3. The molecule has 0 saturated carbocycles. The van der Waals surface area contributed by atoms with Gasteiger partial charge in [-0.3, -0.25) is 0 Å². The van der Waals surface area contributed by atoms with Gasteiger partial charge in [-0.25, -0.2) is 19.2 Å². The number of ether oxygens (including phenoxy) is 2. The number of carbonyl (C=O) groups excluding carboxylic acids is 1. The number of anilines is 1. The summed E-state index contributed by atoms with van der Waals surface area (Å²) in [5.74, 6) is 0.987. The molecular weight excluding hydrogens is 411 g/mol. The number of halogens is 1. The molecule has 0 N–H and O–H groups in total. The Hall–Kier alpha value is -3.42. The van der Waals surface area contributed by atoms with Gasteiger partial charge < -0.3 is 19.3 Å². The highest BCUT2D eigenvalue weighted by molar-refractivity contribution is 5.95. The molecule has 8 heteroatoms. The Morgan fingerprint density at radius 1 is 1.03 bits per heavy atom. The number of carbonyl (C=O) groups is 1. The molecule has 3 aromatic rings. The van der Waals surface area contributed by atoms with E-state index in [9.17, 15) is 9.18 Å². The first-order chi connectivity index (χ1) is 15.3. The van der Waals surface area contributed by atoms with Gasteiger partial charge in [-0.15, -0.1) is 0 Å². The van der Waals surface area contributed by atoms with E-state index in [0.717, 1.165) is 11.2 Å². The smallest absolute Gasteiger partial charge is 0.410 e. The molecule has 1 aliphatic rings. The summed E-state index contributed by atoms with van der Waals surface area (Å²) >= 11 is 0. The van der Waals surface area contributed by atoms with Gasteiger partial charge in [0.25, 0.3) is 0 Å².